The molecule has 1 saturated heterocycles. The minimum atomic E-state index is -1.03. The van der Waals surface area contributed by atoms with Crippen LogP contribution in [0.1, 0.15) is 26.3 Å². The van der Waals surface area contributed by atoms with Gasteiger partial charge in [0.2, 0.25) is 5.91 Å². The quantitative estimate of drug-likeness (QED) is 0.822. The molecule has 138 valence electrons. The summed E-state index contributed by atoms with van der Waals surface area (Å²) in [7, 11) is 0. The molecule has 0 radical (unpaired) electrons. The Bertz CT molecular complexity index is 494. The summed E-state index contributed by atoms with van der Waals surface area (Å²) in [4.78, 5) is 14.9. The van der Waals surface area contributed by atoms with Crippen molar-refractivity contribution in [3.63, 3.8) is 0 Å². The van der Waals surface area contributed by atoms with Crippen LogP contribution in [0.4, 0.5) is 0 Å². The van der Waals surface area contributed by atoms with Gasteiger partial charge in [0.15, 0.2) is 0 Å². The minimum absolute atomic E-state index is 0. The molecule has 1 aromatic carbocycles. The molecule has 1 heterocycles. The third-order valence-electron chi connectivity index (χ3n) is 4.55. The molecule has 7 heteroatoms. The van der Waals surface area contributed by atoms with Gasteiger partial charge in [-0.1, -0.05) is 30.3 Å². The summed E-state index contributed by atoms with van der Waals surface area (Å²) in [6, 6.07) is 9.75. The third kappa shape index (κ3) is 5.60. The third-order valence-corrected chi connectivity index (χ3v) is 4.55. The van der Waals surface area contributed by atoms with E-state index in [-0.39, 0.29) is 42.8 Å². The topological polar surface area (TPSA) is 67.6 Å². The molecule has 0 bridgehead atoms. The number of morpholine rings is 1. The number of rotatable bonds is 5. The highest BCUT2D eigenvalue weighted by molar-refractivity contribution is 5.87. The first-order valence-electron chi connectivity index (χ1n) is 7.90. The van der Waals surface area contributed by atoms with E-state index in [0.29, 0.717) is 0 Å². The fourth-order valence-corrected chi connectivity index (χ4v) is 2.69. The van der Waals surface area contributed by atoms with Gasteiger partial charge in [-0.15, -0.1) is 24.8 Å². The Morgan fingerprint density at radius 2 is 1.75 bits per heavy atom. The SMILES string of the molecule is CC(NC(=O)C(C)(N)c1ccccc1)C(C)N1CCOCC1.Cl.Cl. The summed E-state index contributed by atoms with van der Waals surface area (Å²) in [5.74, 6) is -0.147. The molecule has 1 aromatic rings. The summed E-state index contributed by atoms with van der Waals surface area (Å²) in [5.41, 5.74) is 6.05. The largest absolute Gasteiger partial charge is 0.379 e. The number of ether oxygens (including phenoxy) is 1. The summed E-state index contributed by atoms with van der Waals surface area (Å²) >= 11 is 0. The molecule has 1 aliphatic heterocycles. The van der Waals surface area contributed by atoms with Gasteiger partial charge in [-0.25, -0.2) is 0 Å². The lowest BCUT2D eigenvalue weighted by Crippen LogP contribution is -2.57. The Morgan fingerprint density at radius 1 is 1.21 bits per heavy atom. The van der Waals surface area contributed by atoms with Crippen molar-refractivity contribution in [2.45, 2.75) is 38.4 Å². The second kappa shape index (κ2) is 10.2. The first kappa shape index (κ1) is 23.1. The zero-order valence-corrected chi connectivity index (χ0v) is 16.2. The number of nitrogens with one attached hydrogen (secondary N) is 1. The smallest absolute Gasteiger partial charge is 0.244 e. The predicted molar refractivity (Wildman–Crippen MR) is 102 cm³/mol. The average molecular weight is 378 g/mol. The molecule has 5 nitrogen and oxygen atoms in total. The molecule has 0 aromatic heterocycles. The minimum Gasteiger partial charge on any atom is -0.379 e. The van der Waals surface area contributed by atoms with E-state index in [4.69, 9.17) is 10.5 Å². The predicted octanol–water partition coefficient (Wildman–Crippen LogP) is 1.93. The lowest BCUT2D eigenvalue weighted by atomic mass is 9.91. The zero-order chi connectivity index (χ0) is 16.2. The lowest BCUT2D eigenvalue weighted by Gasteiger charge is -2.37. The fraction of sp³-hybridized carbons (Fsp3) is 0.588. The van der Waals surface area contributed by atoms with Crippen molar-refractivity contribution in [3.8, 4) is 0 Å². The summed E-state index contributed by atoms with van der Waals surface area (Å²) in [6.07, 6.45) is 0. The van der Waals surface area contributed by atoms with Crippen molar-refractivity contribution < 1.29 is 9.53 Å². The van der Waals surface area contributed by atoms with E-state index in [2.05, 4.69) is 17.1 Å². The summed E-state index contributed by atoms with van der Waals surface area (Å²) in [6.45, 7) is 9.22. The molecular formula is C17H29Cl2N3O2. The molecule has 3 atom stereocenters. The number of hydrogen-bond donors (Lipinski definition) is 2. The molecule has 3 N–H and O–H groups in total. The molecule has 0 spiro atoms. The van der Waals surface area contributed by atoms with Crippen molar-refractivity contribution >= 4 is 30.7 Å². The zero-order valence-electron chi connectivity index (χ0n) is 14.5. The molecule has 3 unspecified atom stereocenters. The van der Waals surface area contributed by atoms with Gasteiger partial charge in [-0.3, -0.25) is 9.69 Å². The second-order valence-electron chi connectivity index (χ2n) is 6.22. The van der Waals surface area contributed by atoms with E-state index in [1.54, 1.807) is 6.92 Å². The first-order valence-corrected chi connectivity index (χ1v) is 7.90. The van der Waals surface area contributed by atoms with Crippen molar-refractivity contribution in [3.05, 3.63) is 35.9 Å². The number of hydrogen-bond acceptors (Lipinski definition) is 4. The van der Waals surface area contributed by atoms with Crippen LogP contribution in [0.15, 0.2) is 30.3 Å². The van der Waals surface area contributed by atoms with Crippen molar-refractivity contribution in [2.75, 3.05) is 26.3 Å². The number of carbonyl (C=O) groups is 1. The highest BCUT2D eigenvalue weighted by atomic mass is 35.5. The Morgan fingerprint density at radius 3 is 2.29 bits per heavy atom. The van der Waals surface area contributed by atoms with Gasteiger partial charge in [0.05, 0.1) is 13.2 Å². The van der Waals surface area contributed by atoms with E-state index in [1.807, 2.05) is 37.3 Å². The number of nitrogens with two attached hydrogens (primary N) is 1. The van der Waals surface area contributed by atoms with Gasteiger partial charge in [0.1, 0.15) is 5.54 Å². The first-order chi connectivity index (χ1) is 10.4. The van der Waals surface area contributed by atoms with E-state index in [9.17, 15) is 4.79 Å². The standard InChI is InChI=1S/C17H27N3O2.2ClH/c1-13(14(2)20-9-11-22-12-10-20)19-16(21)17(3,18)15-7-5-4-6-8-15;;/h4-8,13-14H,9-12,18H2,1-3H3,(H,19,21);2*1H. The summed E-state index contributed by atoms with van der Waals surface area (Å²) < 4.78 is 5.37. The van der Waals surface area contributed by atoms with E-state index >= 15 is 0 Å². The van der Waals surface area contributed by atoms with Gasteiger partial charge in [-0.2, -0.15) is 0 Å². The van der Waals surface area contributed by atoms with Crippen LogP contribution in [0.3, 0.4) is 0 Å². The van der Waals surface area contributed by atoms with Gasteiger partial charge < -0.3 is 15.8 Å². The number of benzene rings is 1. The van der Waals surface area contributed by atoms with Gasteiger partial charge in [-0.05, 0) is 26.3 Å². The normalized spacial score (nSPS) is 19.8. The molecular weight excluding hydrogens is 349 g/mol. The maximum absolute atomic E-state index is 12.6. The Balaban J connectivity index is 0.00000264. The van der Waals surface area contributed by atoms with Crippen LogP contribution in [0.25, 0.3) is 0 Å². The van der Waals surface area contributed by atoms with Crippen LogP contribution in [0.2, 0.25) is 0 Å². The molecule has 2 rings (SSSR count). The number of amides is 1. The summed E-state index contributed by atoms with van der Waals surface area (Å²) in [5, 5.41) is 3.07. The average Bonchev–Trinajstić information content (AvgIpc) is 2.55. The van der Waals surface area contributed by atoms with Crippen molar-refractivity contribution in [2.24, 2.45) is 5.73 Å². The molecule has 1 aliphatic rings. The van der Waals surface area contributed by atoms with Gasteiger partial charge in [0, 0.05) is 25.2 Å². The second-order valence-corrected chi connectivity index (χ2v) is 6.22. The maximum atomic E-state index is 12.6. The van der Waals surface area contributed by atoms with Crippen LogP contribution in [0.5, 0.6) is 0 Å². The highest BCUT2D eigenvalue weighted by Crippen LogP contribution is 2.18. The van der Waals surface area contributed by atoms with Crippen LogP contribution in [-0.4, -0.2) is 49.2 Å². The van der Waals surface area contributed by atoms with Crippen LogP contribution in [0, 0.1) is 0 Å². The van der Waals surface area contributed by atoms with Crippen LogP contribution < -0.4 is 11.1 Å². The maximum Gasteiger partial charge on any atom is 0.244 e. The van der Waals surface area contributed by atoms with E-state index < -0.39 is 5.54 Å². The van der Waals surface area contributed by atoms with Crippen LogP contribution >= 0.6 is 24.8 Å². The highest BCUT2D eigenvalue weighted by Gasteiger charge is 2.33. The lowest BCUT2D eigenvalue weighted by molar-refractivity contribution is -0.127. The molecule has 24 heavy (non-hydrogen) atoms. The monoisotopic (exact) mass is 377 g/mol. The van der Waals surface area contributed by atoms with Gasteiger partial charge >= 0.3 is 0 Å². The van der Waals surface area contributed by atoms with Crippen molar-refractivity contribution in [1.82, 2.24) is 10.2 Å². The number of carbonyl (C=O) groups excluding carboxylic acids is 1. The molecule has 0 saturated carbocycles. The number of nitrogens with zero attached hydrogens (tertiary/aromatic N) is 1. The van der Waals surface area contributed by atoms with E-state index in [1.165, 1.54) is 0 Å². The van der Waals surface area contributed by atoms with E-state index in [0.717, 1.165) is 31.9 Å². The van der Waals surface area contributed by atoms with Crippen LogP contribution in [-0.2, 0) is 15.1 Å². The number of halogens is 2. The van der Waals surface area contributed by atoms with Crippen molar-refractivity contribution in [1.29, 1.82) is 0 Å². The Hall–Kier alpha value is -0.850. The Labute approximate surface area is 157 Å². The molecule has 1 amide bonds. The molecule has 0 aliphatic carbocycles. The fourth-order valence-electron chi connectivity index (χ4n) is 2.69. The Kier molecular flexibility index (Phi) is 9.85. The molecule has 1 fully saturated rings. The van der Waals surface area contributed by atoms with Gasteiger partial charge in [0.25, 0.3) is 0 Å².